The highest BCUT2D eigenvalue weighted by molar-refractivity contribution is 5.81. The van der Waals surface area contributed by atoms with Gasteiger partial charge < -0.3 is 4.74 Å². The molecule has 0 N–H and O–H groups in total. The maximum atomic E-state index is 11.0. The molecule has 0 heterocycles. The van der Waals surface area contributed by atoms with Crippen molar-refractivity contribution in [3.63, 3.8) is 0 Å². The fourth-order valence-electron chi connectivity index (χ4n) is 0.727. The average Bonchev–Trinajstić information content (AvgIpc) is 2.02. The molecule has 0 aromatic rings. The second kappa shape index (κ2) is 6.39. The van der Waals surface area contributed by atoms with E-state index in [-0.39, 0.29) is 17.8 Å². The van der Waals surface area contributed by atoms with Gasteiger partial charge in [0, 0.05) is 18.9 Å². The first-order valence-corrected chi connectivity index (χ1v) is 4.64. The molecule has 0 bridgehead atoms. The van der Waals surface area contributed by atoms with E-state index in [2.05, 4.69) is 11.8 Å². The van der Waals surface area contributed by atoms with E-state index in [1.807, 2.05) is 20.8 Å². The summed E-state index contributed by atoms with van der Waals surface area (Å²) >= 11 is 0. The molecule has 0 aliphatic carbocycles. The Morgan fingerprint density at radius 2 is 2.07 bits per heavy atom. The van der Waals surface area contributed by atoms with Crippen molar-refractivity contribution in [1.82, 2.24) is 0 Å². The molecular formula is C12H18O2. The summed E-state index contributed by atoms with van der Waals surface area (Å²) in [6.07, 6.45) is 3.88. The molecule has 0 aromatic heterocycles. The lowest BCUT2D eigenvalue weighted by Crippen LogP contribution is -2.04. The third-order valence-corrected chi connectivity index (χ3v) is 1.30. The topological polar surface area (TPSA) is 26.3 Å². The van der Waals surface area contributed by atoms with Gasteiger partial charge in [-0.2, -0.15) is 0 Å². The monoisotopic (exact) mass is 194 g/mol. The van der Waals surface area contributed by atoms with Crippen LogP contribution in [-0.4, -0.2) is 19.5 Å². The average molecular weight is 194 g/mol. The van der Waals surface area contributed by atoms with Gasteiger partial charge in [0.15, 0.2) is 5.78 Å². The van der Waals surface area contributed by atoms with Crippen LogP contribution in [0.1, 0.15) is 27.2 Å². The molecule has 0 fully saturated rings. The van der Waals surface area contributed by atoms with Gasteiger partial charge >= 0.3 is 0 Å². The number of methoxy groups -OCH3 is 1. The highest BCUT2D eigenvalue weighted by Crippen LogP contribution is 2.09. The zero-order valence-corrected chi connectivity index (χ0v) is 9.39. The van der Waals surface area contributed by atoms with E-state index < -0.39 is 0 Å². The summed E-state index contributed by atoms with van der Waals surface area (Å²) < 4.78 is 4.70. The van der Waals surface area contributed by atoms with Crippen LogP contribution in [0.2, 0.25) is 0 Å². The molecule has 14 heavy (non-hydrogen) atoms. The van der Waals surface area contributed by atoms with Crippen LogP contribution < -0.4 is 0 Å². The van der Waals surface area contributed by atoms with Crippen LogP contribution in [-0.2, 0) is 9.53 Å². The summed E-state index contributed by atoms with van der Waals surface area (Å²) in [7, 11) is 1.51. The fourth-order valence-corrected chi connectivity index (χ4v) is 0.727. The Labute approximate surface area is 86.3 Å². The van der Waals surface area contributed by atoms with E-state index in [1.54, 1.807) is 12.2 Å². The lowest BCUT2D eigenvalue weighted by atomic mass is 9.98. The Kier molecular flexibility index (Phi) is 5.91. The molecular weight excluding hydrogens is 176 g/mol. The van der Waals surface area contributed by atoms with Gasteiger partial charge in [-0.05, 0) is 26.8 Å². The smallest absolute Gasteiger partial charge is 0.162 e. The Morgan fingerprint density at radius 1 is 1.43 bits per heavy atom. The van der Waals surface area contributed by atoms with Crippen molar-refractivity contribution in [2.75, 3.05) is 13.7 Å². The van der Waals surface area contributed by atoms with Gasteiger partial charge in [-0.25, -0.2) is 0 Å². The minimum absolute atomic E-state index is 0.0148. The van der Waals surface area contributed by atoms with Crippen LogP contribution in [0.4, 0.5) is 0 Å². The van der Waals surface area contributed by atoms with Crippen LogP contribution in [0, 0.1) is 17.3 Å². The van der Waals surface area contributed by atoms with Crippen molar-refractivity contribution in [2.45, 2.75) is 27.2 Å². The van der Waals surface area contributed by atoms with Crippen LogP contribution in [0.25, 0.3) is 0 Å². The number of Topliss-reactive ketones (excluding diaryl/α,β-unsaturated/α-hetero) is 1. The Bertz CT molecular complexity index is 258. The first-order valence-electron chi connectivity index (χ1n) is 4.64. The predicted molar refractivity (Wildman–Crippen MR) is 57.9 cm³/mol. The maximum absolute atomic E-state index is 11.0. The lowest BCUT2D eigenvalue weighted by molar-refractivity contribution is -0.121. The normalized spacial score (nSPS) is 11.1. The van der Waals surface area contributed by atoms with Crippen molar-refractivity contribution >= 4 is 5.78 Å². The predicted octanol–water partition coefficient (Wildman–Crippen LogP) is 2.20. The molecule has 0 unspecified atom stereocenters. The minimum Gasteiger partial charge on any atom is -0.377 e. The van der Waals surface area contributed by atoms with E-state index in [0.29, 0.717) is 6.42 Å². The summed E-state index contributed by atoms with van der Waals surface area (Å²) in [6, 6.07) is 0. The van der Waals surface area contributed by atoms with Gasteiger partial charge in [0.25, 0.3) is 0 Å². The Morgan fingerprint density at radius 3 is 2.57 bits per heavy atom. The van der Waals surface area contributed by atoms with Crippen LogP contribution in [0.15, 0.2) is 12.2 Å². The van der Waals surface area contributed by atoms with Crippen molar-refractivity contribution in [3.05, 3.63) is 12.2 Å². The zero-order chi connectivity index (χ0) is 11.0. The Balaban J connectivity index is 3.84. The molecule has 0 amide bonds. The maximum Gasteiger partial charge on any atom is 0.162 e. The molecule has 2 heteroatoms. The molecule has 78 valence electrons. The van der Waals surface area contributed by atoms with Crippen LogP contribution in [0.5, 0.6) is 0 Å². The van der Waals surface area contributed by atoms with Crippen LogP contribution in [0.3, 0.4) is 0 Å². The summed E-state index contributed by atoms with van der Waals surface area (Å²) in [5.41, 5.74) is 0.0148. The summed E-state index contributed by atoms with van der Waals surface area (Å²) in [6.45, 7) is 6.31. The lowest BCUT2D eigenvalue weighted by Gasteiger charge is -2.05. The van der Waals surface area contributed by atoms with Crippen LogP contribution >= 0.6 is 0 Å². The fraction of sp³-hybridized carbons (Fsp3) is 0.583. The van der Waals surface area contributed by atoms with Gasteiger partial charge in [0.05, 0.1) is 0 Å². The number of hydrogen-bond donors (Lipinski definition) is 0. The van der Waals surface area contributed by atoms with Gasteiger partial charge in [-0.3, -0.25) is 4.79 Å². The molecule has 2 nitrogen and oxygen atoms in total. The van der Waals surface area contributed by atoms with Gasteiger partial charge in [0.2, 0.25) is 0 Å². The standard InChI is InChI=1S/C12H18O2/c1-12(2,3)9-7-5-6-8-11(13)10-14-4/h5-6H,8,10H2,1-4H3/b6-5+. The van der Waals surface area contributed by atoms with E-state index in [4.69, 9.17) is 4.74 Å². The zero-order valence-electron chi connectivity index (χ0n) is 9.39. The molecule has 0 aliphatic rings. The number of allylic oxidation sites excluding steroid dienone is 2. The number of ketones is 1. The molecule has 0 atom stereocenters. The Hall–Kier alpha value is -1.07. The minimum atomic E-state index is 0.0148. The summed E-state index contributed by atoms with van der Waals surface area (Å²) in [4.78, 5) is 11.0. The number of ether oxygens (including phenoxy) is 1. The van der Waals surface area contributed by atoms with Gasteiger partial charge in [-0.1, -0.05) is 17.9 Å². The van der Waals surface area contributed by atoms with E-state index in [0.717, 1.165) is 0 Å². The van der Waals surface area contributed by atoms with E-state index in [9.17, 15) is 4.79 Å². The second-order valence-electron chi connectivity index (χ2n) is 4.10. The third kappa shape index (κ3) is 9.02. The van der Waals surface area contributed by atoms with Gasteiger partial charge in [0.1, 0.15) is 6.61 Å². The molecule has 0 spiro atoms. The van der Waals surface area contributed by atoms with Crippen molar-refractivity contribution in [2.24, 2.45) is 5.41 Å². The molecule has 0 saturated heterocycles. The number of carbonyl (C=O) groups excluding carboxylic acids is 1. The first kappa shape index (κ1) is 12.9. The van der Waals surface area contributed by atoms with Crippen molar-refractivity contribution in [3.8, 4) is 11.8 Å². The van der Waals surface area contributed by atoms with E-state index in [1.165, 1.54) is 7.11 Å². The van der Waals surface area contributed by atoms with Crippen molar-refractivity contribution < 1.29 is 9.53 Å². The SMILES string of the molecule is COCC(=O)C/C=C/C#CC(C)(C)C. The van der Waals surface area contributed by atoms with Crippen molar-refractivity contribution in [1.29, 1.82) is 0 Å². The third-order valence-electron chi connectivity index (χ3n) is 1.30. The highest BCUT2D eigenvalue weighted by Gasteiger charge is 2.02. The largest absolute Gasteiger partial charge is 0.377 e. The van der Waals surface area contributed by atoms with Gasteiger partial charge in [-0.15, -0.1) is 0 Å². The molecule has 0 aliphatic heterocycles. The summed E-state index contributed by atoms with van der Waals surface area (Å²) in [5, 5.41) is 0. The summed E-state index contributed by atoms with van der Waals surface area (Å²) in [5.74, 6) is 6.02. The molecule has 0 radical (unpaired) electrons. The first-order chi connectivity index (χ1) is 6.45. The quantitative estimate of drug-likeness (QED) is 0.641. The van der Waals surface area contributed by atoms with E-state index >= 15 is 0 Å². The number of carbonyl (C=O) groups is 1. The number of rotatable bonds is 4. The highest BCUT2D eigenvalue weighted by atomic mass is 16.5. The molecule has 0 aromatic carbocycles. The molecule has 0 saturated carbocycles. The second-order valence-corrected chi connectivity index (χ2v) is 4.10. The molecule has 0 rings (SSSR count). The number of hydrogen-bond acceptors (Lipinski definition) is 2.